The second-order valence-electron chi connectivity index (χ2n) is 9.82. The summed E-state index contributed by atoms with van der Waals surface area (Å²) < 4.78 is 2.09. The zero-order chi connectivity index (χ0) is 27.8. The van der Waals surface area contributed by atoms with Crippen LogP contribution in [-0.4, -0.2) is 38.8 Å². The van der Waals surface area contributed by atoms with E-state index in [1.807, 2.05) is 87.6 Å². The van der Waals surface area contributed by atoms with Crippen molar-refractivity contribution in [3.8, 4) is 5.69 Å². The van der Waals surface area contributed by atoms with E-state index in [2.05, 4.69) is 4.57 Å². The number of fused-ring (bicyclic) bond motifs is 3. The van der Waals surface area contributed by atoms with E-state index in [0.717, 1.165) is 34.3 Å². The van der Waals surface area contributed by atoms with E-state index >= 15 is 0 Å². The minimum atomic E-state index is -0.629. The Hall–Kier alpha value is -4.43. The number of nitrogens with zero attached hydrogens (tertiary/aromatic N) is 4. The number of benzene rings is 3. The SMILES string of the molecule is Cc1ccc(C2c3cccn3-c3ccccc3N2C(=O)CN(C(=O)c2ccc(Cl)c([N+](=O)[O-])c2)C(C)C)cc1. The van der Waals surface area contributed by atoms with Crippen molar-refractivity contribution in [1.82, 2.24) is 9.47 Å². The molecule has 198 valence electrons. The van der Waals surface area contributed by atoms with E-state index in [1.165, 1.54) is 17.0 Å². The third-order valence-corrected chi connectivity index (χ3v) is 7.28. The quantitative estimate of drug-likeness (QED) is 0.210. The third kappa shape index (κ3) is 4.79. The van der Waals surface area contributed by atoms with Gasteiger partial charge in [0.25, 0.3) is 11.6 Å². The minimum absolute atomic E-state index is 0.0578. The number of halogens is 1. The Balaban J connectivity index is 1.56. The highest BCUT2D eigenvalue weighted by atomic mass is 35.5. The summed E-state index contributed by atoms with van der Waals surface area (Å²) in [7, 11) is 0. The van der Waals surface area contributed by atoms with Crippen molar-refractivity contribution < 1.29 is 14.5 Å². The first kappa shape index (κ1) is 26.2. The van der Waals surface area contributed by atoms with Gasteiger partial charge in [-0.2, -0.15) is 0 Å². The van der Waals surface area contributed by atoms with E-state index in [4.69, 9.17) is 11.6 Å². The van der Waals surface area contributed by atoms with E-state index < -0.39 is 16.9 Å². The molecular formula is C30H27ClN4O4. The van der Waals surface area contributed by atoms with Crippen molar-refractivity contribution in [2.75, 3.05) is 11.4 Å². The van der Waals surface area contributed by atoms with Gasteiger partial charge in [0.05, 0.1) is 22.0 Å². The van der Waals surface area contributed by atoms with Gasteiger partial charge < -0.3 is 9.47 Å². The van der Waals surface area contributed by atoms with Crippen LogP contribution in [0.5, 0.6) is 0 Å². The molecule has 1 unspecified atom stereocenters. The molecule has 1 atom stereocenters. The standard InChI is InChI=1S/C30H27ClN4O4/c1-19(2)33(30(37)22-14-15-23(31)27(17-22)35(38)39)18-28(36)34-25-8-5-4-7-24(25)32-16-6-9-26(32)29(34)21-12-10-20(3)11-13-21/h4-17,19,29H,18H2,1-3H3. The monoisotopic (exact) mass is 542 g/mol. The van der Waals surface area contributed by atoms with Crippen LogP contribution < -0.4 is 4.90 Å². The summed E-state index contributed by atoms with van der Waals surface area (Å²) in [4.78, 5) is 41.7. The molecular weight excluding hydrogens is 516 g/mol. The number of hydrogen-bond donors (Lipinski definition) is 0. The first-order valence-corrected chi connectivity index (χ1v) is 13.0. The molecule has 4 aromatic rings. The molecule has 5 rings (SSSR count). The van der Waals surface area contributed by atoms with Gasteiger partial charge in [0.15, 0.2) is 0 Å². The van der Waals surface area contributed by atoms with Crippen LogP contribution in [0.3, 0.4) is 0 Å². The van der Waals surface area contributed by atoms with Gasteiger partial charge in [-0.15, -0.1) is 0 Å². The number of rotatable bonds is 6. The highest BCUT2D eigenvalue weighted by Crippen LogP contribution is 2.42. The molecule has 0 saturated carbocycles. The molecule has 0 aliphatic carbocycles. The lowest BCUT2D eigenvalue weighted by molar-refractivity contribution is -0.384. The minimum Gasteiger partial charge on any atom is -0.327 e. The normalized spacial score (nSPS) is 14.1. The average Bonchev–Trinajstić information content (AvgIpc) is 3.41. The fourth-order valence-corrected chi connectivity index (χ4v) is 5.17. The molecule has 1 aliphatic heterocycles. The van der Waals surface area contributed by atoms with E-state index in [9.17, 15) is 19.7 Å². The number of para-hydroxylation sites is 2. The highest BCUT2D eigenvalue weighted by Gasteiger charge is 2.37. The van der Waals surface area contributed by atoms with Crippen molar-refractivity contribution in [2.45, 2.75) is 32.9 Å². The number of nitro groups is 1. The Morgan fingerprint density at radius 3 is 2.36 bits per heavy atom. The molecule has 9 heteroatoms. The summed E-state index contributed by atoms with van der Waals surface area (Å²) in [6.07, 6.45) is 1.98. The number of amides is 2. The van der Waals surface area contributed by atoms with Crippen LogP contribution in [0.4, 0.5) is 11.4 Å². The first-order valence-electron chi connectivity index (χ1n) is 12.6. The maximum atomic E-state index is 14.2. The van der Waals surface area contributed by atoms with Crippen molar-refractivity contribution in [3.05, 3.63) is 123 Å². The molecule has 0 bridgehead atoms. The van der Waals surface area contributed by atoms with Gasteiger partial charge in [-0.1, -0.05) is 53.6 Å². The summed E-state index contributed by atoms with van der Waals surface area (Å²) in [5.41, 5.74) is 4.32. The van der Waals surface area contributed by atoms with Gasteiger partial charge in [0.1, 0.15) is 17.6 Å². The molecule has 2 heterocycles. The van der Waals surface area contributed by atoms with E-state index in [0.29, 0.717) is 0 Å². The highest BCUT2D eigenvalue weighted by molar-refractivity contribution is 6.32. The largest absolute Gasteiger partial charge is 0.327 e. The predicted molar refractivity (Wildman–Crippen MR) is 151 cm³/mol. The van der Waals surface area contributed by atoms with Crippen LogP contribution >= 0.6 is 11.6 Å². The lowest BCUT2D eigenvalue weighted by atomic mass is 9.97. The number of hydrogen-bond acceptors (Lipinski definition) is 4. The average molecular weight is 543 g/mol. The molecule has 2 amide bonds. The topological polar surface area (TPSA) is 88.7 Å². The van der Waals surface area contributed by atoms with Crippen molar-refractivity contribution in [1.29, 1.82) is 0 Å². The van der Waals surface area contributed by atoms with E-state index in [-0.39, 0.29) is 34.8 Å². The zero-order valence-corrected chi connectivity index (χ0v) is 22.5. The molecule has 3 aromatic carbocycles. The lowest BCUT2D eigenvalue weighted by Gasteiger charge is -2.40. The number of carbonyl (C=O) groups excluding carboxylic acids is 2. The molecule has 1 aromatic heterocycles. The summed E-state index contributed by atoms with van der Waals surface area (Å²) in [5.74, 6) is -0.760. The fourth-order valence-electron chi connectivity index (χ4n) is 4.99. The van der Waals surface area contributed by atoms with Crippen LogP contribution in [0.2, 0.25) is 5.02 Å². The van der Waals surface area contributed by atoms with Gasteiger partial charge >= 0.3 is 0 Å². The summed E-state index contributed by atoms with van der Waals surface area (Å²) in [6, 6.07) is 22.9. The smallest absolute Gasteiger partial charge is 0.288 e. The van der Waals surface area contributed by atoms with Crippen LogP contribution in [0.1, 0.15) is 47.1 Å². The molecule has 0 saturated heterocycles. The molecule has 0 fully saturated rings. The Bertz CT molecular complexity index is 1580. The Kier molecular flexibility index (Phi) is 6.97. The predicted octanol–water partition coefficient (Wildman–Crippen LogP) is 6.33. The maximum Gasteiger partial charge on any atom is 0.288 e. The zero-order valence-electron chi connectivity index (χ0n) is 21.7. The molecule has 39 heavy (non-hydrogen) atoms. The van der Waals surface area contributed by atoms with Gasteiger partial charge in [-0.25, -0.2) is 0 Å². The molecule has 0 N–H and O–H groups in total. The van der Waals surface area contributed by atoms with Crippen molar-refractivity contribution >= 4 is 34.8 Å². The number of aromatic nitrogens is 1. The van der Waals surface area contributed by atoms with Gasteiger partial charge in [-0.05, 0) is 62.7 Å². The summed E-state index contributed by atoms with van der Waals surface area (Å²) in [5, 5.41) is 11.3. The van der Waals surface area contributed by atoms with Crippen LogP contribution in [0.25, 0.3) is 5.69 Å². The lowest BCUT2D eigenvalue weighted by Crippen LogP contribution is -2.48. The second-order valence-corrected chi connectivity index (χ2v) is 10.2. The molecule has 0 radical (unpaired) electrons. The van der Waals surface area contributed by atoms with Gasteiger partial charge in [-0.3, -0.25) is 24.6 Å². The Morgan fingerprint density at radius 2 is 1.69 bits per heavy atom. The Labute approximate surface area is 231 Å². The van der Waals surface area contributed by atoms with Crippen molar-refractivity contribution in [3.63, 3.8) is 0 Å². The molecule has 0 spiro atoms. The number of nitro benzene ring substituents is 1. The molecule has 8 nitrogen and oxygen atoms in total. The number of carbonyl (C=O) groups is 2. The van der Waals surface area contributed by atoms with E-state index in [1.54, 1.807) is 4.90 Å². The van der Waals surface area contributed by atoms with Crippen LogP contribution in [0, 0.1) is 17.0 Å². The number of aryl methyl sites for hydroxylation is 1. The van der Waals surface area contributed by atoms with Crippen LogP contribution in [0.15, 0.2) is 85.1 Å². The number of anilines is 1. The second kappa shape index (κ2) is 10.4. The van der Waals surface area contributed by atoms with Crippen LogP contribution in [-0.2, 0) is 4.79 Å². The first-order chi connectivity index (χ1) is 18.7. The maximum absolute atomic E-state index is 14.2. The Morgan fingerprint density at radius 1 is 1.00 bits per heavy atom. The van der Waals surface area contributed by atoms with Gasteiger partial charge in [0.2, 0.25) is 5.91 Å². The summed E-state index contributed by atoms with van der Waals surface area (Å²) in [6.45, 7) is 5.41. The third-order valence-electron chi connectivity index (χ3n) is 6.96. The molecule has 1 aliphatic rings. The van der Waals surface area contributed by atoms with Gasteiger partial charge in [0, 0.05) is 23.9 Å². The van der Waals surface area contributed by atoms with Crippen molar-refractivity contribution in [2.24, 2.45) is 0 Å². The fraction of sp³-hybridized carbons (Fsp3) is 0.200. The summed E-state index contributed by atoms with van der Waals surface area (Å²) >= 11 is 5.96.